The molecule has 32 heavy (non-hydrogen) atoms. The lowest BCUT2D eigenvalue weighted by atomic mass is 9.88. The minimum atomic E-state index is -1.92. The summed E-state index contributed by atoms with van der Waals surface area (Å²) < 4.78 is 11.6. The highest BCUT2D eigenvalue weighted by Gasteiger charge is 2.50. The van der Waals surface area contributed by atoms with E-state index in [-0.39, 0.29) is 18.7 Å². The Morgan fingerprint density at radius 1 is 1.00 bits per heavy atom. The normalized spacial score (nSPS) is 17.2. The van der Waals surface area contributed by atoms with Gasteiger partial charge in [-0.1, -0.05) is 36.4 Å². The van der Waals surface area contributed by atoms with E-state index in [9.17, 15) is 14.7 Å². The van der Waals surface area contributed by atoms with Crippen molar-refractivity contribution in [1.82, 2.24) is 0 Å². The second-order valence-corrected chi connectivity index (χ2v) is 8.81. The van der Waals surface area contributed by atoms with Gasteiger partial charge in [-0.3, -0.25) is 9.59 Å². The summed E-state index contributed by atoms with van der Waals surface area (Å²) in [6.45, 7) is 0.218. The number of Topliss-reactive ketones (excluding diaryl/α,β-unsaturated/α-hetero) is 1. The maximum atomic E-state index is 13.5. The lowest BCUT2D eigenvalue weighted by Crippen LogP contribution is -2.41. The number of carbonyl (C=O) groups is 2. The lowest BCUT2D eigenvalue weighted by Gasteiger charge is -2.23. The van der Waals surface area contributed by atoms with Crippen molar-refractivity contribution in [3.05, 3.63) is 87.0 Å². The Morgan fingerprint density at radius 3 is 2.38 bits per heavy atom. The first-order valence-corrected chi connectivity index (χ1v) is 11.1. The summed E-state index contributed by atoms with van der Waals surface area (Å²) in [5.74, 6) is 0.325. The minimum Gasteiger partial charge on any atom is -0.493 e. The molecule has 1 atom stereocenters. The maximum absolute atomic E-state index is 13.5. The van der Waals surface area contributed by atoms with Crippen LogP contribution >= 0.6 is 22.6 Å². The fraction of sp³-hybridized carbons (Fsp3) is 0.200. The Kier molecular flexibility index (Phi) is 6.21. The quantitative estimate of drug-likeness (QED) is 0.355. The van der Waals surface area contributed by atoms with Crippen LogP contribution in [-0.4, -0.2) is 31.0 Å². The molecular formula is C25H22INO5. The summed E-state index contributed by atoms with van der Waals surface area (Å²) in [6, 6.07) is 19.5. The Morgan fingerprint density at radius 2 is 1.69 bits per heavy atom. The molecule has 0 aliphatic carbocycles. The van der Waals surface area contributed by atoms with Crippen molar-refractivity contribution in [2.45, 2.75) is 18.6 Å². The van der Waals surface area contributed by atoms with Crippen molar-refractivity contribution in [2.24, 2.45) is 0 Å². The molecule has 1 aliphatic rings. The average Bonchev–Trinajstić information content (AvgIpc) is 3.01. The van der Waals surface area contributed by atoms with Crippen molar-refractivity contribution in [3.63, 3.8) is 0 Å². The zero-order valence-electron chi connectivity index (χ0n) is 17.7. The molecule has 3 aromatic carbocycles. The summed E-state index contributed by atoms with van der Waals surface area (Å²) in [5.41, 5.74) is 0.365. The SMILES string of the molecule is COc1ccc(CN2C(=O)[C@](O)(CC(=O)c3ccc(I)cc3)c3ccccc32)cc1OC. The Labute approximate surface area is 199 Å². The summed E-state index contributed by atoms with van der Waals surface area (Å²) in [4.78, 5) is 27.9. The predicted molar refractivity (Wildman–Crippen MR) is 129 cm³/mol. The number of hydrogen-bond acceptors (Lipinski definition) is 5. The van der Waals surface area contributed by atoms with Gasteiger partial charge >= 0.3 is 0 Å². The highest BCUT2D eigenvalue weighted by molar-refractivity contribution is 14.1. The molecule has 7 heteroatoms. The molecule has 164 valence electrons. The van der Waals surface area contributed by atoms with Crippen molar-refractivity contribution in [2.75, 3.05) is 19.1 Å². The number of anilines is 1. The molecule has 1 heterocycles. The van der Waals surface area contributed by atoms with E-state index in [1.54, 1.807) is 62.8 Å². The Balaban J connectivity index is 1.66. The smallest absolute Gasteiger partial charge is 0.264 e. The van der Waals surface area contributed by atoms with Gasteiger partial charge in [-0.2, -0.15) is 0 Å². The van der Waals surface area contributed by atoms with Crippen LogP contribution in [0, 0.1) is 3.57 Å². The molecular weight excluding hydrogens is 521 g/mol. The van der Waals surface area contributed by atoms with E-state index in [0.29, 0.717) is 28.3 Å². The summed E-state index contributed by atoms with van der Waals surface area (Å²) >= 11 is 2.16. The summed E-state index contributed by atoms with van der Waals surface area (Å²) in [7, 11) is 3.11. The van der Waals surface area contributed by atoms with Gasteiger partial charge in [-0.05, 0) is 58.5 Å². The Hall–Kier alpha value is -2.91. The number of fused-ring (bicyclic) bond motifs is 1. The van der Waals surface area contributed by atoms with Crippen LogP contribution in [0.2, 0.25) is 0 Å². The van der Waals surface area contributed by atoms with E-state index in [1.807, 2.05) is 18.2 Å². The molecule has 0 fully saturated rings. The number of nitrogens with zero attached hydrogens (tertiary/aromatic N) is 1. The third-order valence-electron chi connectivity index (χ3n) is 5.61. The van der Waals surface area contributed by atoms with Crippen LogP contribution in [0.15, 0.2) is 66.7 Å². The predicted octanol–water partition coefficient (Wildman–Crippen LogP) is 4.32. The van der Waals surface area contributed by atoms with E-state index >= 15 is 0 Å². The number of halogens is 1. The minimum absolute atomic E-state index is 0.218. The number of methoxy groups -OCH3 is 2. The molecule has 6 nitrogen and oxygen atoms in total. The fourth-order valence-electron chi connectivity index (χ4n) is 3.97. The molecule has 1 N–H and O–H groups in total. The zero-order chi connectivity index (χ0) is 22.9. The molecule has 0 bridgehead atoms. The lowest BCUT2D eigenvalue weighted by molar-refractivity contribution is -0.136. The van der Waals surface area contributed by atoms with E-state index in [2.05, 4.69) is 22.6 Å². The second kappa shape index (κ2) is 8.91. The number of rotatable bonds is 7. The van der Waals surface area contributed by atoms with Crippen LogP contribution in [0.25, 0.3) is 0 Å². The first-order valence-electron chi connectivity index (χ1n) is 10.0. The number of amides is 1. The molecule has 0 spiro atoms. The van der Waals surface area contributed by atoms with Gasteiger partial charge in [0.2, 0.25) is 0 Å². The third kappa shape index (κ3) is 3.98. The van der Waals surface area contributed by atoms with Crippen LogP contribution in [-0.2, 0) is 16.9 Å². The van der Waals surface area contributed by atoms with Gasteiger partial charge in [0.05, 0.1) is 32.9 Å². The molecule has 1 amide bonds. The standard InChI is InChI=1S/C25H22INO5/c1-31-22-12-7-16(13-23(22)32-2)15-27-20-6-4-3-5-19(20)25(30,24(27)29)14-21(28)17-8-10-18(26)11-9-17/h3-13,30H,14-15H2,1-2H3/t25-/m0/s1. The maximum Gasteiger partial charge on any atom is 0.264 e. The summed E-state index contributed by atoms with van der Waals surface area (Å²) in [6.07, 6.45) is -0.328. The van der Waals surface area contributed by atoms with Crippen molar-refractivity contribution in [1.29, 1.82) is 0 Å². The number of aliphatic hydroxyl groups is 1. The van der Waals surface area contributed by atoms with Crippen molar-refractivity contribution in [3.8, 4) is 11.5 Å². The molecule has 0 aromatic heterocycles. The number of ether oxygens (including phenoxy) is 2. The average molecular weight is 543 g/mol. The van der Waals surface area contributed by atoms with Gasteiger partial charge in [0, 0.05) is 14.7 Å². The highest BCUT2D eigenvalue weighted by Crippen LogP contribution is 2.44. The fourth-order valence-corrected chi connectivity index (χ4v) is 4.33. The van der Waals surface area contributed by atoms with E-state index in [4.69, 9.17) is 9.47 Å². The molecule has 3 aromatic rings. The van der Waals surface area contributed by atoms with Gasteiger partial charge in [0.25, 0.3) is 5.91 Å². The number of benzene rings is 3. The van der Waals surface area contributed by atoms with Crippen LogP contribution in [0.4, 0.5) is 5.69 Å². The molecule has 4 rings (SSSR count). The third-order valence-corrected chi connectivity index (χ3v) is 6.33. The number of ketones is 1. The largest absolute Gasteiger partial charge is 0.493 e. The van der Waals surface area contributed by atoms with Crippen LogP contribution in [0.3, 0.4) is 0 Å². The van der Waals surface area contributed by atoms with Gasteiger partial charge in [0.15, 0.2) is 22.9 Å². The van der Waals surface area contributed by atoms with Crippen LogP contribution in [0.1, 0.15) is 27.9 Å². The molecule has 0 saturated heterocycles. The van der Waals surface area contributed by atoms with E-state index in [0.717, 1.165) is 9.13 Å². The van der Waals surface area contributed by atoms with E-state index in [1.165, 1.54) is 4.90 Å². The van der Waals surface area contributed by atoms with Crippen LogP contribution in [0.5, 0.6) is 11.5 Å². The summed E-state index contributed by atoms with van der Waals surface area (Å²) in [5, 5.41) is 11.5. The van der Waals surface area contributed by atoms with Crippen molar-refractivity contribution >= 4 is 40.0 Å². The van der Waals surface area contributed by atoms with E-state index < -0.39 is 11.5 Å². The molecule has 1 aliphatic heterocycles. The second-order valence-electron chi connectivity index (χ2n) is 7.56. The van der Waals surface area contributed by atoms with Gasteiger partial charge < -0.3 is 19.5 Å². The monoisotopic (exact) mass is 543 g/mol. The molecule has 0 saturated carbocycles. The van der Waals surface area contributed by atoms with Gasteiger partial charge in [0.1, 0.15) is 0 Å². The molecule has 0 radical (unpaired) electrons. The highest BCUT2D eigenvalue weighted by atomic mass is 127. The topological polar surface area (TPSA) is 76.1 Å². The molecule has 0 unspecified atom stereocenters. The number of carbonyl (C=O) groups excluding carboxylic acids is 2. The van der Waals surface area contributed by atoms with Gasteiger partial charge in [-0.25, -0.2) is 0 Å². The number of hydrogen-bond donors (Lipinski definition) is 1. The number of para-hydroxylation sites is 1. The Bertz CT molecular complexity index is 1180. The first kappa shape index (κ1) is 22.3. The van der Waals surface area contributed by atoms with Crippen LogP contribution < -0.4 is 14.4 Å². The first-order chi connectivity index (χ1) is 15.4. The van der Waals surface area contributed by atoms with Crippen molar-refractivity contribution < 1.29 is 24.2 Å². The zero-order valence-corrected chi connectivity index (χ0v) is 19.8. The van der Waals surface area contributed by atoms with Gasteiger partial charge in [-0.15, -0.1) is 0 Å².